The molecule has 0 N–H and O–H groups in total. The first-order valence-electron chi connectivity index (χ1n) is 9.76. The van der Waals surface area contributed by atoms with Crippen LogP contribution in [0.3, 0.4) is 0 Å². The summed E-state index contributed by atoms with van der Waals surface area (Å²) in [4.78, 5) is 12.7. The van der Waals surface area contributed by atoms with Gasteiger partial charge in [-0.15, -0.1) is 0 Å². The van der Waals surface area contributed by atoms with Gasteiger partial charge < -0.3 is 9.64 Å². The number of aromatic nitrogens is 5. The van der Waals surface area contributed by atoms with Gasteiger partial charge in [0.05, 0.1) is 25.5 Å². The molecule has 14 heteroatoms. The lowest BCUT2D eigenvalue weighted by Crippen LogP contribution is -2.49. The van der Waals surface area contributed by atoms with Crippen molar-refractivity contribution in [1.29, 1.82) is 0 Å². The zero-order valence-corrected chi connectivity index (χ0v) is 16.8. The van der Waals surface area contributed by atoms with Gasteiger partial charge in [-0.1, -0.05) is 0 Å². The molecule has 178 valence electrons. The minimum absolute atomic E-state index is 0.0135. The smallest absolute Gasteiger partial charge is 0.437 e. The highest BCUT2D eigenvalue weighted by molar-refractivity contribution is 5.71. The highest BCUT2D eigenvalue weighted by Gasteiger charge is 2.42. The van der Waals surface area contributed by atoms with Gasteiger partial charge in [0.25, 0.3) is 12.3 Å². The van der Waals surface area contributed by atoms with E-state index in [9.17, 15) is 30.7 Å². The standard InChI is InChI=1S/C19H17F7N6O/c20-14(21)8-32-17-12(5-29-32)28-6-15(30-17)31-7-11(4-18(22,23)10-31)9-33-13-2-1-3-27-16(13)19(24,25)26/h1-3,5-6,11,14H,4,7-10H2. The summed E-state index contributed by atoms with van der Waals surface area (Å²) in [5.41, 5.74) is -1.01. The molecule has 1 aliphatic heterocycles. The van der Waals surface area contributed by atoms with Crippen molar-refractivity contribution in [1.82, 2.24) is 24.7 Å². The van der Waals surface area contributed by atoms with Crippen molar-refractivity contribution in [3.05, 3.63) is 36.4 Å². The molecule has 0 aliphatic carbocycles. The Labute approximate surface area is 182 Å². The second kappa shape index (κ2) is 8.63. The molecule has 3 aromatic rings. The number of rotatable bonds is 6. The van der Waals surface area contributed by atoms with Gasteiger partial charge in [0.1, 0.15) is 23.6 Å². The lowest BCUT2D eigenvalue weighted by molar-refractivity contribution is -0.142. The molecule has 0 saturated carbocycles. The van der Waals surface area contributed by atoms with E-state index in [1.165, 1.54) is 23.4 Å². The van der Waals surface area contributed by atoms with E-state index in [0.717, 1.165) is 16.9 Å². The van der Waals surface area contributed by atoms with E-state index in [-0.39, 0.29) is 23.5 Å². The quantitative estimate of drug-likeness (QED) is 0.498. The molecular formula is C19H17F7N6O. The maximum atomic E-state index is 14.4. The highest BCUT2D eigenvalue weighted by atomic mass is 19.4. The average molecular weight is 478 g/mol. The monoisotopic (exact) mass is 478 g/mol. The molecule has 33 heavy (non-hydrogen) atoms. The van der Waals surface area contributed by atoms with Gasteiger partial charge in [-0.3, -0.25) is 0 Å². The molecule has 1 atom stereocenters. The summed E-state index contributed by atoms with van der Waals surface area (Å²) in [6.45, 7) is -1.88. The van der Waals surface area contributed by atoms with Crippen LogP contribution in [0.1, 0.15) is 12.1 Å². The normalized spacial score (nSPS) is 18.8. The molecule has 0 bridgehead atoms. The first kappa shape index (κ1) is 23.0. The summed E-state index contributed by atoms with van der Waals surface area (Å²) < 4.78 is 99.8. The Hall–Kier alpha value is -3.19. The third-order valence-electron chi connectivity index (χ3n) is 4.97. The number of pyridine rings is 1. The van der Waals surface area contributed by atoms with E-state index in [0.29, 0.717) is 0 Å². The van der Waals surface area contributed by atoms with Crippen molar-refractivity contribution < 1.29 is 35.5 Å². The van der Waals surface area contributed by atoms with Gasteiger partial charge in [-0.2, -0.15) is 18.3 Å². The Kier molecular flexibility index (Phi) is 6.01. The van der Waals surface area contributed by atoms with Gasteiger partial charge in [0.2, 0.25) is 0 Å². The Balaban J connectivity index is 1.53. The summed E-state index contributed by atoms with van der Waals surface area (Å²) in [5, 5.41) is 3.78. The Morgan fingerprint density at radius 2 is 1.97 bits per heavy atom. The second-order valence-electron chi connectivity index (χ2n) is 7.62. The SMILES string of the molecule is FC(F)Cn1ncc2ncc(N3CC(COc4cccnc4C(F)(F)F)CC(F)(F)C3)nc21. The van der Waals surface area contributed by atoms with Crippen molar-refractivity contribution in [3.8, 4) is 5.75 Å². The van der Waals surface area contributed by atoms with Crippen LogP contribution in [0, 0.1) is 5.92 Å². The van der Waals surface area contributed by atoms with Crippen LogP contribution in [0.2, 0.25) is 0 Å². The van der Waals surface area contributed by atoms with Crippen LogP contribution in [0.15, 0.2) is 30.7 Å². The number of fused-ring (bicyclic) bond motifs is 1. The summed E-state index contributed by atoms with van der Waals surface area (Å²) >= 11 is 0. The number of nitrogens with zero attached hydrogens (tertiary/aromatic N) is 6. The van der Waals surface area contributed by atoms with Crippen LogP contribution < -0.4 is 9.64 Å². The summed E-state index contributed by atoms with van der Waals surface area (Å²) in [6.07, 6.45) is -4.65. The molecule has 0 spiro atoms. The van der Waals surface area contributed by atoms with E-state index < -0.39 is 62.0 Å². The van der Waals surface area contributed by atoms with Crippen molar-refractivity contribution in [2.45, 2.75) is 31.5 Å². The molecule has 1 unspecified atom stereocenters. The van der Waals surface area contributed by atoms with Crippen LogP contribution in [0.25, 0.3) is 11.2 Å². The predicted molar refractivity (Wildman–Crippen MR) is 101 cm³/mol. The highest BCUT2D eigenvalue weighted by Crippen LogP contribution is 2.36. The van der Waals surface area contributed by atoms with Gasteiger partial charge in [-0.25, -0.2) is 37.2 Å². The van der Waals surface area contributed by atoms with Gasteiger partial charge >= 0.3 is 6.18 Å². The Morgan fingerprint density at radius 1 is 1.18 bits per heavy atom. The van der Waals surface area contributed by atoms with E-state index in [4.69, 9.17) is 4.74 Å². The molecule has 4 rings (SSSR count). The Bertz CT molecular complexity index is 1120. The van der Waals surface area contributed by atoms with Gasteiger partial charge in [-0.05, 0) is 12.1 Å². The molecule has 7 nitrogen and oxygen atoms in total. The maximum absolute atomic E-state index is 14.4. The number of hydrogen-bond acceptors (Lipinski definition) is 6. The predicted octanol–water partition coefficient (Wildman–Crippen LogP) is 4.05. The summed E-state index contributed by atoms with van der Waals surface area (Å²) in [7, 11) is 0. The van der Waals surface area contributed by atoms with Gasteiger partial charge in [0.15, 0.2) is 11.3 Å². The third kappa shape index (κ3) is 5.25. The zero-order valence-electron chi connectivity index (χ0n) is 16.8. The molecule has 1 saturated heterocycles. The second-order valence-corrected chi connectivity index (χ2v) is 7.62. The minimum Gasteiger partial charge on any atom is -0.491 e. The molecule has 1 aliphatic rings. The van der Waals surface area contributed by atoms with E-state index in [1.807, 2.05) is 0 Å². The molecule has 0 radical (unpaired) electrons. The van der Waals surface area contributed by atoms with Crippen LogP contribution in [0.4, 0.5) is 36.6 Å². The number of piperidine rings is 1. The van der Waals surface area contributed by atoms with E-state index >= 15 is 0 Å². The van der Waals surface area contributed by atoms with Crippen molar-refractivity contribution in [2.75, 3.05) is 24.6 Å². The first-order valence-corrected chi connectivity index (χ1v) is 9.76. The average Bonchev–Trinajstić information content (AvgIpc) is 3.12. The topological polar surface area (TPSA) is 69.0 Å². The molecule has 0 aromatic carbocycles. The van der Waals surface area contributed by atoms with Crippen LogP contribution in [-0.2, 0) is 12.7 Å². The fraction of sp³-hybridized carbons (Fsp3) is 0.474. The summed E-state index contributed by atoms with van der Waals surface area (Å²) in [6, 6.07) is 2.32. The third-order valence-corrected chi connectivity index (χ3v) is 4.97. The molecule has 0 amide bonds. The fourth-order valence-corrected chi connectivity index (χ4v) is 3.68. The van der Waals surface area contributed by atoms with Crippen molar-refractivity contribution in [2.24, 2.45) is 5.92 Å². The first-order chi connectivity index (χ1) is 15.5. The Morgan fingerprint density at radius 3 is 2.70 bits per heavy atom. The molecular weight excluding hydrogens is 461 g/mol. The molecule has 1 fully saturated rings. The van der Waals surface area contributed by atoms with Crippen molar-refractivity contribution in [3.63, 3.8) is 0 Å². The van der Waals surface area contributed by atoms with Crippen molar-refractivity contribution >= 4 is 17.0 Å². The number of hydrogen-bond donors (Lipinski definition) is 0. The number of alkyl halides is 7. The molecule has 4 heterocycles. The number of halogens is 7. The maximum Gasteiger partial charge on any atom is 0.437 e. The lowest BCUT2D eigenvalue weighted by Gasteiger charge is -2.38. The van der Waals surface area contributed by atoms with Crippen LogP contribution in [-0.4, -0.2) is 56.8 Å². The van der Waals surface area contributed by atoms with Crippen LogP contribution in [0.5, 0.6) is 5.75 Å². The van der Waals surface area contributed by atoms with E-state index in [2.05, 4.69) is 20.1 Å². The number of ether oxygens (including phenoxy) is 1. The molecule has 3 aromatic heterocycles. The van der Waals surface area contributed by atoms with Crippen LogP contribution >= 0.6 is 0 Å². The van der Waals surface area contributed by atoms with Gasteiger partial charge in [0, 0.05) is 25.1 Å². The summed E-state index contributed by atoms with van der Waals surface area (Å²) in [5.74, 6) is -4.57. The fourth-order valence-electron chi connectivity index (χ4n) is 3.68. The lowest BCUT2D eigenvalue weighted by atomic mass is 9.96. The largest absolute Gasteiger partial charge is 0.491 e. The number of anilines is 1. The minimum atomic E-state index is -4.76. The zero-order chi connectivity index (χ0) is 23.8. The van der Waals surface area contributed by atoms with E-state index in [1.54, 1.807) is 0 Å².